The molecular formula is C40H46N4O4. The van der Waals surface area contributed by atoms with Crippen molar-refractivity contribution in [2.24, 2.45) is 11.8 Å². The molecular weight excluding hydrogens is 600 g/mol. The second-order valence-corrected chi connectivity index (χ2v) is 13.5. The molecule has 2 aromatic carbocycles. The van der Waals surface area contributed by atoms with Crippen LogP contribution in [0.5, 0.6) is 11.5 Å². The highest BCUT2D eigenvalue weighted by Gasteiger charge is 2.41. The summed E-state index contributed by atoms with van der Waals surface area (Å²) in [6.45, 7) is 2.07. The van der Waals surface area contributed by atoms with Crippen LogP contribution in [0.25, 0.3) is 0 Å². The highest BCUT2D eigenvalue weighted by Crippen LogP contribution is 2.49. The molecule has 4 aromatic rings. The first-order valence-electron chi connectivity index (χ1n) is 17.4. The van der Waals surface area contributed by atoms with E-state index in [1.54, 1.807) is 14.2 Å². The van der Waals surface area contributed by atoms with Crippen molar-refractivity contribution < 1.29 is 19.1 Å². The highest BCUT2D eigenvalue weighted by atomic mass is 16.5. The van der Waals surface area contributed by atoms with Crippen molar-refractivity contribution in [3.63, 3.8) is 0 Å². The summed E-state index contributed by atoms with van der Waals surface area (Å²) in [6.07, 6.45) is 7.74. The molecule has 2 aromatic heterocycles. The lowest BCUT2D eigenvalue weighted by Gasteiger charge is -2.15. The van der Waals surface area contributed by atoms with E-state index in [4.69, 9.17) is 9.47 Å². The average molecular weight is 647 g/mol. The molecule has 6 rings (SSSR count). The van der Waals surface area contributed by atoms with Crippen molar-refractivity contribution >= 4 is 11.6 Å². The van der Waals surface area contributed by atoms with E-state index in [9.17, 15) is 9.59 Å². The summed E-state index contributed by atoms with van der Waals surface area (Å²) in [5, 5.41) is 18.4. The van der Waals surface area contributed by atoms with E-state index in [0.717, 1.165) is 90.3 Å². The molecule has 2 aliphatic rings. The van der Waals surface area contributed by atoms with Gasteiger partial charge in [0.2, 0.25) is 0 Å². The zero-order valence-electron chi connectivity index (χ0n) is 28.3. The first-order chi connectivity index (χ1) is 23.4. The number of hydrogen-bond donors (Lipinski definition) is 0. The molecule has 0 radical (unpaired) electrons. The number of hydrogen-bond acceptors (Lipinski definition) is 8. The summed E-state index contributed by atoms with van der Waals surface area (Å²) >= 11 is 0. The minimum atomic E-state index is -0.0166. The summed E-state index contributed by atoms with van der Waals surface area (Å²) in [5.41, 5.74) is 5.88. The molecule has 0 aliphatic heterocycles. The molecule has 5 unspecified atom stereocenters. The number of methoxy groups -OCH3 is 2. The number of benzene rings is 2. The molecule has 0 amide bonds. The van der Waals surface area contributed by atoms with Crippen LogP contribution < -0.4 is 9.47 Å². The van der Waals surface area contributed by atoms with Crippen LogP contribution >= 0.6 is 0 Å². The SMILES string of the molecule is CCC(CCc1ccc(C2CCC(c3ccc(C4CC4CC(=O)Cc4ccccc4OC)nn3)C2)nn1)C(=O)Cc1ccccc1OC. The Labute approximate surface area is 283 Å². The molecule has 2 heterocycles. The molecule has 0 spiro atoms. The number of ketones is 2. The molecule has 2 aliphatic carbocycles. The van der Waals surface area contributed by atoms with Gasteiger partial charge in [-0.05, 0) is 87.3 Å². The van der Waals surface area contributed by atoms with E-state index in [2.05, 4.69) is 51.6 Å². The number of carbonyl (C=O) groups excluding carboxylic acids is 2. The third-order valence-corrected chi connectivity index (χ3v) is 10.3. The lowest BCUT2D eigenvalue weighted by Crippen LogP contribution is -2.18. The maximum absolute atomic E-state index is 13.1. The predicted molar refractivity (Wildman–Crippen MR) is 184 cm³/mol. The van der Waals surface area contributed by atoms with E-state index in [1.807, 2.05) is 48.5 Å². The Hall–Kier alpha value is -4.46. The monoisotopic (exact) mass is 646 g/mol. The standard InChI is InChI=1S/C40H46N4O4/c1-4-26(38(46)25-30-10-6-8-12-40(30)48-3)15-16-32-17-18-35(42-41-32)27-13-14-28(21-27)36-19-20-37(44-43-36)34-24-31(34)23-33(45)22-29-9-5-7-11-39(29)47-2/h5-12,17-20,26-28,31,34H,4,13-16,21-25H2,1-3H3. The van der Waals surface area contributed by atoms with Crippen LogP contribution in [0.2, 0.25) is 0 Å². The molecule has 0 bridgehead atoms. The molecule has 0 saturated heterocycles. The number of nitrogens with zero attached hydrogens (tertiary/aromatic N) is 4. The Morgan fingerprint density at radius 1 is 0.729 bits per heavy atom. The minimum Gasteiger partial charge on any atom is -0.496 e. The Kier molecular flexibility index (Phi) is 10.9. The maximum atomic E-state index is 13.1. The van der Waals surface area contributed by atoms with Crippen LogP contribution in [0.1, 0.15) is 104 Å². The highest BCUT2D eigenvalue weighted by molar-refractivity contribution is 5.84. The van der Waals surface area contributed by atoms with Gasteiger partial charge in [-0.3, -0.25) is 9.59 Å². The van der Waals surface area contributed by atoms with Crippen molar-refractivity contribution in [2.45, 2.75) is 88.9 Å². The van der Waals surface area contributed by atoms with E-state index in [1.165, 1.54) is 0 Å². The Morgan fingerprint density at radius 2 is 1.31 bits per heavy atom. The molecule has 2 saturated carbocycles. The van der Waals surface area contributed by atoms with Crippen LogP contribution in [0.3, 0.4) is 0 Å². The minimum absolute atomic E-state index is 0.0166. The van der Waals surface area contributed by atoms with Crippen molar-refractivity contribution in [3.8, 4) is 11.5 Å². The fraction of sp³-hybridized carbons (Fsp3) is 0.450. The van der Waals surface area contributed by atoms with E-state index >= 15 is 0 Å². The molecule has 8 nitrogen and oxygen atoms in total. The van der Waals surface area contributed by atoms with Crippen molar-refractivity contribution in [3.05, 3.63) is 107 Å². The van der Waals surface area contributed by atoms with Gasteiger partial charge in [-0.1, -0.05) is 43.3 Å². The molecule has 8 heteroatoms. The van der Waals surface area contributed by atoms with Gasteiger partial charge in [-0.2, -0.15) is 20.4 Å². The van der Waals surface area contributed by atoms with Crippen LogP contribution in [0, 0.1) is 11.8 Å². The zero-order chi connectivity index (χ0) is 33.5. The van der Waals surface area contributed by atoms with Crippen molar-refractivity contribution in [1.29, 1.82) is 0 Å². The largest absolute Gasteiger partial charge is 0.496 e. The van der Waals surface area contributed by atoms with Crippen LogP contribution in [0.4, 0.5) is 0 Å². The summed E-state index contributed by atoms with van der Waals surface area (Å²) in [5.74, 6) is 3.37. The van der Waals surface area contributed by atoms with Crippen LogP contribution in [-0.4, -0.2) is 46.2 Å². The number of ether oxygens (including phenoxy) is 2. The molecule has 48 heavy (non-hydrogen) atoms. The fourth-order valence-corrected chi connectivity index (χ4v) is 7.37. The summed E-state index contributed by atoms with van der Waals surface area (Å²) in [4.78, 5) is 25.8. The topological polar surface area (TPSA) is 104 Å². The average Bonchev–Trinajstić information content (AvgIpc) is 3.70. The van der Waals surface area contributed by atoms with E-state index in [-0.39, 0.29) is 17.5 Å². The Balaban J connectivity index is 0.957. The van der Waals surface area contributed by atoms with Gasteiger partial charge in [-0.25, -0.2) is 0 Å². The van der Waals surface area contributed by atoms with Gasteiger partial charge >= 0.3 is 0 Å². The lowest BCUT2D eigenvalue weighted by atomic mass is 9.90. The Morgan fingerprint density at radius 3 is 1.90 bits per heavy atom. The van der Waals surface area contributed by atoms with Gasteiger partial charge in [0.25, 0.3) is 0 Å². The third-order valence-electron chi connectivity index (χ3n) is 10.3. The maximum Gasteiger partial charge on any atom is 0.140 e. The van der Waals surface area contributed by atoms with Gasteiger partial charge in [0.05, 0.1) is 37.0 Å². The van der Waals surface area contributed by atoms with Crippen molar-refractivity contribution in [2.75, 3.05) is 14.2 Å². The van der Waals surface area contributed by atoms with Gasteiger partial charge in [0.15, 0.2) is 0 Å². The quantitative estimate of drug-likeness (QED) is 0.124. The molecule has 5 atom stereocenters. The molecule has 2 fully saturated rings. The van der Waals surface area contributed by atoms with E-state index in [0.29, 0.717) is 42.9 Å². The van der Waals surface area contributed by atoms with Gasteiger partial charge in [-0.15, -0.1) is 0 Å². The summed E-state index contributed by atoms with van der Waals surface area (Å²) in [7, 11) is 3.28. The lowest BCUT2D eigenvalue weighted by molar-refractivity contribution is -0.122. The molecule has 0 N–H and O–H groups in total. The smallest absolute Gasteiger partial charge is 0.140 e. The first-order valence-corrected chi connectivity index (χ1v) is 17.4. The number of aromatic nitrogens is 4. The first kappa shape index (κ1) is 33.4. The number of para-hydroxylation sites is 2. The van der Waals surface area contributed by atoms with Gasteiger partial charge in [0.1, 0.15) is 23.1 Å². The molecule has 250 valence electrons. The normalized spacial score (nSPS) is 20.6. The Bertz CT molecular complexity index is 1690. The number of aryl methyl sites for hydroxylation is 1. The van der Waals surface area contributed by atoms with Crippen LogP contribution in [-0.2, 0) is 28.9 Å². The third kappa shape index (κ3) is 8.15. The summed E-state index contributed by atoms with van der Waals surface area (Å²) < 4.78 is 10.8. The fourth-order valence-electron chi connectivity index (χ4n) is 7.37. The number of carbonyl (C=O) groups is 2. The second-order valence-electron chi connectivity index (χ2n) is 13.5. The number of Topliss-reactive ketones (excluding diaryl/α,β-unsaturated/α-hetero) is 2. The van der Waals surface area contributed by atoms with Crippen LogP contribution in [0.15, 0.2) is 72.8 Å². The predicted octanol–water partition coefficient (Wildman–Crippen LogP) is 7.41. The zero-order valence-corrected chi connectivity index (χ0v) is 28.3. The summed E-state index contributed by atoms with van der Waals surface area (Å²) in [6, 6.07) is 23.9. The van der Waals surface area contributed by atoms with Gasteiger partial charge in [0, 0.05) is 54.1 Å². The van der Waals surface area contributed by atoms with Gasteiger partial charge < -0.3 is 9.47 Å². The van der Waals surface area contributed by atoms with Crippen molar-refractivity contribution in [1.82, 2.24) is 20.4 Å². The number of rotatable bonds is 16. The second kappa shape index (κ2) is 15.6. The van der Waals surface area contributed by atoms with E-state index < -0.39 is 0 Å².